The Balaban J connectivity index is 3.59. The molecule has 0 radical (unpaired) electrons. The number of aliphatic hydroxyl groups is 1. The number of likely N-dealkylation sites (tertiary alicyclic amines) is 1. The number of carbonyl (C=O) groups is 11. The minimum atomic E-state index is -1.74. The molecule has 0 aliphatic carbocycles. The topological polar surface area (TPSA) is 415 Å². The largest absolute Gasteiger partial charge is 0.391 e. The molecule has 10 atom stereocenters. The first-order valence-electron chi connectivity index (χ1n) is 25.7. The summed E-state index contributed by atoms with van der Waals surface area (Å²) < 4.78 is 0. The second kappa shape index (κ2) is 33.4. The molecule has 0 unspecified atom stereocenters. The summed E-state index contributed by atoms with van der Waals surface area (Å²) in [6, 6.07) is -10.6. The molecule has 0 aromatic heterocycles. The number of amides is 11. The van der Waals surface area contributed by atoms with Crippen molar-refractivity contribution in [1.82, 2.24) is 47.0 Å². The van der Waals surface area contributed by atoms with Gasteiger partial charge in [-0.15, -0.1) is 0 Å². The number of aliphatic imine (C=N–C) groups is 1. The molecule has 0 saturated carbocycles. The van der Waals surface area contributed by atoms with Gasteiger partial charge in [-0.05, 0) is 90.0 Å². The number of nitrogens with zero attached hydrogens (tertiary/aromatic N) is 3. The summed E-state index contributed by atoms with van der Waals surface area (Å²) in [6.07, 6.45) is 0.243. The Hall–Kier alpha value is -6.44. The molecular weight excluding hydrogens is 965 g/mol. The van der Waals surface area contributed by atoms with Crippen LogP contribution >= 0.6 is 0 Å². The Morgan fingerprint density at radius 1 is 0.689 bits per heavy atom. The number of likely N-dealkylation sites (N-methyl/N-ethyl adjacent to an activating group) is 1. The average molecular weight is 1050 g/mol. The number of nitrogens with two attached hydrogens (primary N) is 4. The van der Waals surface area contributed by atoms with E-state index in [1.54, 1.807) is 41.5 Å². The van der Waals surface area contributed by atoms with E-state index in [1.807, 2.05) is 0 Å². The van der Waals surface area contributed by atoms with Crippen molar-refractivity contribution >= 4 is 70.9 Å². The monoisotopic (exact) mass is 1050 g/mol. The molecule has 0 spiro atoms. The van der Waals surface area contributed by atoms with Gasteiger partial charge in [0.05, 0.1) is 6.10 Å². The summed E-state index contributed by atoms with van der Waals surface area (Å²) in [5.74, 6) is -9.82. The van der Waals surface area contributed by atoms with E-state index >= 15 is 0 Å². The molecule has 420 valence electrons. The van der Waals surface area contributed by atoms with Gasteiger partial charge in [-0.1, -0.05) is 47.5 Å². The minimum Gasteiger partial charge on any atom is -0.391 e. The van der Waals surface area contributed by atoms with Crippen LogP contribution in [-0.2, 0) is 52.7 Å². The molecular formula is C48H86N14O12. The Morgan fingerprint density at radius 3 is 1.81 bits per heavy atom. The van der Waals surface area contributed by atoms with Crippen molar-refractivity contribution < 1.29 is 57.8 Å². The molecule has 26 nitrogen and oxygen atoms in total. The van der Waals surface area contributed by atoms with Crippen molar-refractivity contribution in [3.05, 3.63) is 0 Å². The number of nitrogens with one attached hydrogen (secondary N) is 7. The van der Waals surface area contributed by atoms with E-state index in [0.717, 1.165) is 6.92 Å². The van der Waals surface area contributed by atoms with Gasteiger partial charge in [-0.3, -0.25) is 62.6 Å². The molecule has 26 heteroatoms. The fourth-order valence-electron chi connectivity index (χ4n) is 8.37. The quantitative estimate of drug-likeness (QED) is 0.0178. The SMILES string of the molecule is CCC[C@H](NC(=O)[C@@H](NC(=O)[C@H](NC(=O)[C@@H](NC(=O)[C@H](CCC(N)=O)NC(C)=O)C(C)C)[C@@H](C)CC)[C@@H](C)O)C(=O)N(C(C)=O)[C@@H](CCCCN)C(=O)N[C@@H](CCCN=C(N)N)C(=O)N1CCC[C@H]1C(=O)NCC. The maximum atomic E-state index is 14.7. The standard InChI is InChI=1S/C48H86N14O12/c1-10-17-32(57-45(72)39(28(7)63)60-44(71)38(27(6)11-2)59-43(70)37(26(4)5)58-40(67)31(55-29(8)64)21-22-36(50)66)47(74)62(30(9)65)35(19-13-14-23-49)42(69)56-33(18-15-24-54-48(51)52)46(73)61-25-16-20-34(61)41(68)53-12-3/h26-28,31-35,37-39,63H,10-25,49H2,1-9H3,(H2,50,66)(H,53,68)(H,55,64)(H,56,69)(H,57,72)(H,58,67)(H,59,70)(H,60,71)(H4,51,52,54)/t27-,28+,31-,32-,33-,34-,35-,37-,38+,39-/m0/s1. The van der Waals surface area contributed by atoms with Gasteiger partial charge in [0.2, 0.25) is 59.1 Å². The smallest absolute Gasteiger partial charge is 0.252 e. The van der Waals surface area contributed by atoms with Crippen LogP contribution in [0.5, 0.6) is 0 Å². The second-order valence-corrected chi connectivity index (χ2v) is 19.1. The first kappa shape index (κ1) is 65.6. The predicted molar refractivity (Wildman–Crippen MR) is 274 cm³/mol. The molecule has 1 fully saturated rings. The molecule has 11 amide bonds. The summed E-state index contributed by atoms with van der Waals surface area (Å²) in [4.78, 5) is 155. The summed E-state index contributed by atoms with van der Waals surface area (Å²) in [7, 11) is 0. The van der Waals surface area contributed by atoms with Gasteiger partial charge in [-0.25, -0.2) is 0 Å². The first-order valence-corrected chi connectivity index (χ1v) is 25.7. The number of aliphatic hydroxyl groups excluding tert-OH is 1. The van der Waals surface area contributed by atoms with Crippen LogP contribution in [0.4, 0.5) is 0 Å². The maximum absolute atomic E-state index is 14.7. The lowest BCUT2D eigenvalue weighted by Crippen LogP contribution is -2.63. The van der Waals surface area contributed by atoms with Crippen LogP contribution < -0.4 is 60.2 Å². The van der Waals surface area contributed by atoms with Crippen molar-refractivity contribution in [2.75, 3.05) is 26.2 Å². The van der Waals surface area contributed by atoms with E-state index in [2.05, 4.69) is 42.2 Å². The molecule has 0 aromatic rings. The van der Waals surface area contributed by atoms with Gasteiger partial charge in [0.25, 0.3) is 5.91 Å². The maximum Gasteiger partial charge on any atom is 0.252 e. The highest BCUT2D eigenvalue weighted by Crippen LogP contribution is 2.21. The molecule has 1 saturated heterocycles. The van der Waals surface area contributed by atoms with E-state index in [1.165, 1.54) is 18.7 Å². The van der Waals surface area contributed by atoms with Crippen molar-refractivity contribution in [3.8, 4) is 0 Å². The fourth-order valence-corrected chi connectivity index (χ4v) is 8.37. The highest BCUT2D eigenvalue weighted by atomic mass is 16.3. The number of carbonyl (C=O) groups excluding carboxylic acids is 11. The molecule has 1 rings (SSSR count). The molecule has 1 aliphatic heterocycles. The van der Waals surface area contributed by atoms with Crippen LogP contribution in [0.25, 0.3) is 0 Å². The van der Waals surface area contributed by atoms with Gasteiger partial charge < -0.3 is 70.2 Å². The fraction of sp³-hybridized carbons (Fsp3) is 0.750. The van der Waals surface area contributed by atoms with Gasteiger partial charge in [0, 0.05) is 39.9 Å². The summed E-state index contributed by atoms with van der Waals surface area (Å²) in [6.45, 7) is 14.4. The first-order chi connectivity index (χ1) is 34.8. The van der Waals surface area contributed by atoms with Gasteiger partial charge in [-0.2, -0.15) is 0 Å². The zero-order valence-electron chi connectivity index (χ0n) is 44.8. The van der Waals surface area contributed by atoms with Crippen molar-refractivity contribution in [1.29, 1.82) is 0 Å². The Morgan fingerprint density at radius 2 is 1.28 bits per heavy atom. The third-order valence-corrected chi connectivity index (χ3v) is 12.5. The lowest BCUT2D eigenvalue weighted by atomic mass is 9.95. The van der Waals surface area contributed by atoms with Gasteiger partial charge in [0.15, 0.2) is 5.96 Å². The highest BCUT2D eigenvalue weighted by Gasteiger charge is 2.42. The summed E-state index contributed by atoms with van der Waals surface area (Å²) >= 11 is 0. The van der Waals surface area contributed by atoms with Crippen molar-refractivity contribution in [2.24, 2.45) is 39.8 Å². The lowest BCUT2D eigenvalue weighted by Gasteiger charge is -2.34. The minimum absolute atomic E-state index is 0.0148. The summed E-state index contributed by atoms with van der Waals surface area (Å²) in [5, 5.41) is 29.1. The van der Waals surface area contributed by atoms with Gasteiger partial charge >= 0.3 is 0 Å². The van der Waals surface area contributed by atoms with Crippen molar-refractivity contribution in [3.63, 3.8) is 0 Å². The lowest BCUT2D eigenvalue weighted by molar-refractivity contribution is -0.154. The normalized spacial score (nSPS) is 16.8. The van der Waals surface area contributed by atoms with Crippen molar-refractivity contribution in [2.45, 2.75) is 194 Å². The number of guanidine groups is 1. The van der Waals surface area contributed by atoms with E-state index in [9.17, 15) is 57.8 Å². The van der Waals surface area contributed by atoms with Crippen LogP contribution in [0.15, 0.2) is 4.99 Å². The number of unbranched alkanes of at least 4 members (excludes halogenated alkanes) is 1. The van der Waals surface area contributed by atoms with Crippen LogP contribution in [0.2, 0.25) is 0 Å². The number of rotatable bonds is 33. The molecule has 16 N–H and O–H groups in total. The molecule has 0 aromatic carbocycles. The van der Waals surface area contributed by atoms with Crippen LogP contribution in [-0.4, -0.2) is 166 Å². The number of imide groups is 1. The van der Waals surface area contributed by atoms with E-state index in [-0.39, 0.29) is 82.9 Å². The zero-order valence-corrected chi connectivity index (χ0v) is 44.8. The van der Waals surface area contributed by atoms with Gasteiger partial charge in [0.1, 0.15) is 48.3 Å². The zero-order chi connectivity index (χ0) is 56.4. The van der Waals surface area contributed by atoms with Crippen LogP contribution in [0, 0.1) is 11.8 Å². The number of hydrogen-bond acceptors (Lipinski definition) is 14. The highest BCUT2D eigenvalue weighted by molar-refractivity contribution is 6.04. The van der Waals surface area contributed by atoms with Crippen LogP contribution in [0.1, 0.15) is 139 Å². The molecule has 74 heavy (non-hydrogen) atoms. The number of primary amides is 1. The van der Waals surface area contributed by atoms with E-state index in [4.69, 9.17) is 22.9 Å². The van der Waals surface area contributed by atoms with Crippen LogP contribution in [0.3, 0.4) is 0 Å². The summed E-state index contributed by atoms with van der Waals surface area (Å²) in [5.41, 5.74) is 22.1. The second-order valence-electron chi connectivity index (χ2n) is 19.1. The Labute approximate surface area is 434 Å². The van der Waals surface area contributed by atoms with E-state index < -0.39 is 125 Å². The third kappa shape index (κ3) is 21.6. The average Bonchev–Trinajstić information content (AvgIpc) is 3.82. The predicted octanol–water partition coefficient (Wildman–Crippen LogP) is -2.88. The third-order valence-electron chi connectivity index (χ3n) is 12.5. The Bertz CT molecular complexity index is 1960. The van der Waals surface area contributed by atoms with E-state index in [0.29, 0.717) is 37.1 Å². The molecule has 1 heterocycles. The number of hydrogen-bond donors (Lipinski definition) is 12. The molecule has 1 aliphatic rings. The molecule has 0 bridgehead atoms. The Kier molecular flexibility index (Phi) is 29.6.